The SMILES string of the molecule is CC(C)(CCCCNCCOC1CCCCC1)C(N)=NO. The number of oxime groups is 1. The first kappa shape index (κ1) is 18.2. The normalized spacial score (nSPS) is 18.1. The predicted octanol–water partition coefficient (Wildman–Crippen LogP) is 2.87. The van der Waals surface area contributed by atoms with Crippen LogP contribution in [-0.2, 0) is 4.74 Å². The van der Waals surface area contributed by atoms with Crippen LogP contribution in [0.4, 0.5) is 0 Å². The summed E-state index contributed by atoms with van der Waals surface area (Å²) in [6, 6.07) is 0. The van der Waals surface area contributed by atoms with Gasteiger partial charge in [-0.3, -0.25) is 0 Å². The first-order chi connectivity index (χ1) is 10.1. The standard InChI is InChI=1S/C16H33N3O2/c1-16(2,15(17)19-20)10-6-7-11-18-12-13-21-14-8-4-3-5-9-14/h14,18,20H,3-13H2,1-2H3,(H2,17,19). The first-order valence-electron chi connectivity index (χ1n) is 8.36. The molecule has 4 N–H and O–H groups in total. The minimum Gasteiger partial charge on any atom is -0.409 e. The molecule has 0 aromatic carbocycles. The molecule has 1 saturated carbocycles. The molecule has 0 aromatic rings. The van der Waals surface area contributed by atoms with Crippen LogP contribution in [-0.4, -0.2) is 36.8 Å². The van der Waals surface area contributed by atoms with Crippen LogP contribution in [0.2, 0.25) is 0 Å². The maximum absolute atomic E-state index is 8.71. The Hall–Kier alpha value is -0.810. The highest BCUT2D eigenvalue weighted by Crippen LogP contribution is 2.23. The van der Waals surface area contributed by atoms with Crippen molar-refractivity contribution >= 4 is 5.84 Å². The van der Waals surface area contributed by atoms with Crippen molar-refractivity contribution in [2.24, 2.45) is 16.3 Å². The van der Waals surface area contributed by atoms with E-state index in [1.165, 1.54) is 32.1 Å². The average molecular weight is 299 g/mol. The highest BCUT2D eigenvalue weighted by molar-refractivity contribution is 5.85. The molecule has 0 radical (unpaired) electrons. The van der Waals surface area contributed by atoms with E-state index >= 15 is 0 Å². The van der Waals surface area contributed by atoms with E-state index in [9.17, 15) is 0 Å². The molecule has 0 aliphatic heterocycles. The number of nitrogens with zero attached hydrogens (tertiary/aromatic N) is 1. The van der Waals surface area contributed by atoms with Gasteiger partial charge in [0, 0.05) is 12.0 Å². The summed E-state index contributed by atoms with van der Waals surface area (Å²) in [6.45, 7) is 6.77. The summed E-state index contributed by atoms with van der Waals surface area (Å²) in [5.74, 6) is 0.316. The molecule has 0 saturated heterocycles. The molecule has 0 amide bonds. The zero-order valence-electron chi connectivity index (χ0n) is 13.7. The highest BCUT2D eigenvalue weighted by Gasteiger charge is 2.22. The van der Waals surface area contributed by atoms with Gasteiger partial charge in [-0.05, 0) is 32.2 Å². The van der Waals surface area contributed by atoms with Crippen LogP contribution in [0.1, 0.15) is 65.2 Å². The van der Waals surface area contributed by atoms with Crippen LogP contribution in [0.25, 0.3) is 0 Å². The Morgan fingerprint density at radius 1 is 1.24 bits per heavy atom. The molecule has 1 aliphatic carbocycles. The Morgan fingerprint density at radius 3 is 2.62 bits per heavy atom. The van der Waals surface area contributed by atoms with Crippen LogP contribution in [0.3, 0.4) is 0 Å². The van der Waals surface area contributed by atoms with Gasteiger partial charge in [-0.25, -0.2) is 0 Å². The van der Waals surface area contributed by atoms with Crippen molar-refractivity contribution in [3.05, 3.63) is 0 Å². The minimum atomic E-state index is -0.223. The van der Waals surface area contributed by atoms with Crippen LogP contribution in [0.5, 0.6) is 0 Å². The quantitative estimate of drug-likeness (QED) is 0.190. The molecule has 124 valence electrons. The molecular formula is C16H33N3O2. The predicted molar refractivity (Wildman–Crippen MR) is 86.7 cm³/mol. The van der Waals surface area contributed by atoms with Gasteiger partial charge in [0.15, 0.2) is 0 Å². The Labute approximate surface area is 129 Å². The fraction of sp³-hybridized carbons (Fsp3) is 0.938. The highest BCUT2D eigenvalue weighted by atomic mass is 16.5. The second-order valence-corrected chi connectivity index (χ2v) is 6.71. The van der Waals surface area contributed by atoms with Crippen LogP contribution in [0.15, 0.2) is 5.16 Å². The van der Waals surface area contributed by atoms with Gasteiger partial charge >= 0.3 is 0 Å². The fourth-order valence-electron chi connectivity index (χ4n) is 2.73. The van der Waals surface area contributed by atoms with Crippen LogP contribution < -0.4 is 11.1 Å². The van der Waals surface area contributed by atoms with Gasteiger partial charge in [0.25, 0.3) is 0 Å². The summed E-state index contributed by atoms with van der Waals surface area (Å²) >= 11 is 0. The number of rotatable bonds is 10. The summed E-state index contributed by atoms with van der Waals surface area (Å²) < 4.78 is 5.87. The number of amidine groups is 1. The maximum Gasteiger partial charge on any atom is 0.144 e. The number of unbranched alkanes of at least 4 members (excludes halogenated alkanes) is 1. The van der Waals surface area contributed by atoms with Gasteiger partial charge in [0.1, 0.15) is 5.84 Å². The number of nitrogens with two attached hydrogens (primary N) is 1. The van der Waals surface area contributed by atoms with Crippen molar-refractivity contribution in [1.29, 1.82) is 0 Å². The molecular weight excluding hydrogens is 266 g/mol. The van der Waals surface area contributed by atoms with E-state index in [4.69, 9.17) is 15.7 Å². The Balaban J connectivity index is 1.92. The molecule has 0 atom stereocenters. The third-order valence-electron chi connectivity index (χ3n) is 4.39. The zero-order valence-corrected chi connectivity index (χ0v) is 13.7. The summed E-state index contributed by atoms with van der Waals surface area (Å²) in [6.07, 6.45) is 10.1. The molecule has 0 bridgehead atoms. The molecule has 0 unspecified atom stereocenters. The molecule has 0 heterocycles. The first-order valence-corrected chi connectivity index (χ1v) is 8.36. The lowest BCUT2D eigenvalue weighted by atomic mass is 9.86. The van der Waals surface area contributed by atoms with Crippen molar-refractivity contribution in [3.8, 4) is 0 Å². The fourth-order valence-corrected chi connectivity index (χ4v) is 2.73. The minimum absolute atomic E-state index is 0.223. The second-order valence-electron chi connectivity index (χ2n) is 6.71. The van der Waals surface area contributed by atoms with Crippen molar-refractivity contribution < 1.29 is 9.94 Å². The van der Waals surface area contributed by atoms with Gasteiger partial charge in [-0.15, -0.1) is 0 Å². The number of hydrogen-bond acceptors (Lipinski definition) is 4. The molecule has 1 fully saturated rings. The van der Waals surface area contributed by atoms with Gasteiger partial charge in [0.05, 0.1) is 12.7 Å². The summed E-state index contributed by atoms with van der Waals surface area (Å²) in [5.41, 5.74) is 5.45. The summed E-state index contributed by atoms with van der Waals surface area (Å²) in [4.78, 5) is 0. The number of hydrogen-bond donors (Lipinski definition) is 3. The van der Waals surface area contributed by atoms with Gasteiger partial charge in [0.2, 0.25) is 0 Å². The average Bonchev–Trinajstić information content (AvgIpc) is 2.50. The molecule has 0 aromatic heterocycles. The Morgan fingerprint density at radius 2 is 1.95 bits per heavy atom. The lowest BCUT2D eigenvalue weighted by molar-refractivity contribution is 0.0303. The van der Waals surface area contributed by atoms with Gasteiger partial charge in [-0.1, -0.05) is 44.7 Å². The van der Waals surface area contributed by atoms with Gasteiger partial charge < -0.3 is 21.0 Å². The lowest BCUT2D eigenvalue weighted by Gasteiger charge is -2.23. The van der Waals surface area contributed by atoms with E-state index in [-0.39, 0.29) is 5.41 Å². The van der Waals surface area contributed by atoms with Crippen LogP contribution >= 0.6 is 0 Å². The molecule has 0 spiro atoms. The second kappa shape index (κ2) is 10.0. The monoisotopic (exact) mass is 299 g/mol. The van der Waals surface area contributed by atoms with Crippen molar-refractivity contribution in [2.75, 3.05) is 19.7 Å². The van der Waals surface area contributed by atoms with Crippen LogP contribution in [0, 0.1) is 5.41 Å². The van der Waals surface area contributed by atoms with E-state index in [0.717, 1.165) is 39.0 Å². The largest absolute Gasteiger partial charge is 0.409 e. The summed E-state index contributed by atoms with van der Waals surface area (Å²) in [5, 5.41) is 15.2. The molecule has 5 heteroatoms. The molecule has 5 nitrogen and oxygen atoms in total. The van der Waals surface area contributed by atoms with Crippen molar-refractivity contribution in [2.45, 2.75) is 71.3 Å². The smallest absolute Gasteiger partial charge is 0.144 e. The molecule has 1 aliphatic rings. The number of ether oxygens (including phenoxy) is 1. The van der Waals surface area contributed by atoms with E-state index in [1.54, 1.807) is 0 Å². The Kier molecular flexibility index (Phi) is 8.69. The maximum atomic E-state index is 8.71. The zero-order chi connectivity index (χ0) is 15.6. The summed E-state index contributed by atoms with van der Waals surface area (Å²) in [7, 11) is 0. The van der Waals surface area contributed by atoms with E-state index in [1.807, 2.05) is 13.8 Å². The molecule has 21 heavy (non-hydrogen) atoms. The van der Waals surface area contributed by atoms with E-state index in [0.29, 0.717) is 11.9 Å². The van der Waals surface area contributed by atoms with E-state index in [2.05, 4.69) is 10.5 Å². The van der Waals surface area contributed by atoms with Crippen molar-refractivity contribution in [1.82, 2.24) is 5.32 Å². The third kappa shape index (κ3) is 7.67. The molecule has 1 rings (SSSR count). The Bertz CT molecular complexity index is 300. The van der Waals surface area contributed by atoms with Crippen molar-refractivity contribution in [3.63, 3.8) is 0 Å². The van der Waals surface area contributed by atoms with Gasteiger partial charge in [-0.2, -0.15) is 0 Å². The topological polar surface area (TPSA) is 79.9 Å². The number of nitrogens with one attached hydrogen (secondary N) is 1. The van der Waals surface area contributed by atoms with E-state index < -0.39 is 0 Å². The third-order valence-corrected chi connectivity index (χ3v) is 4.39. The lowest BCUT2D eigenvalue weighted by Crippen LogP contribution is -2.32.